The maximum absolute atomic E-state index is 11.5. The number of hydrogen-bond donors (Lipinski definition) is 2. The smallest absolute Gasteiger partial charge is 0.327 e. The third-order valence-corrected chi connectivity index (χ3v) is 5.61. The Morgan fingerprint density at radius 1 is 0.958 bits per heavy atom. The number of alkyl halides is 3. The van der Waals surface area contributed by atoms with E-state index >= 15 is 0 Å². The van der Waals surface area contributed by atoms with Crippen LogP contribution in [0.5, 0.6) is 0 Å². The normalized spacial score (nSPS) is 33.9. The molecule has 0 atom stereocenters. The zero-order chi connectivity index (χ0) is 17.2. The monoisotopic (exact) mass is 342 g/mol. The van der Waals surface area contributed by atoms with E-state index in [0.717, 1.165) is 29.2 Å². The predicted molar refractivity (Wildman–Crippen MR) is 85.4 cm³/mol. The third-order valence-electron chi connectivity index (χ3n) is 5.61. The average Bonchev–Trinajstić information content (AvgIpc) is 2.52. The average molecular weight is 342 g/mol. The number of rotatable bonds is 3. The van der Waals surface area contributed by atoms with Crippen molar-refractivity contribution in [3.8, 4) is 0 Å². The van der Waals surface area contributed by atoms with Gasteiger partial charge in [0.25, 0.3) is 0 Å². The zero-order valence-electron chi connectivity index (χ0n) is 13.6. The van der Waals surface area contributed by atoms with Crippen molar-refractivity contribution in [1.29, 1.82) is 0 Å². The number of halogens is 3. The quantitative estimate of drug-likeness (QED) is 0.817. The fraction of sp³-hybridized carbons (Fsp3) is 0.667. The molecule has 0 radical (unpaired) electrons. The fourth-order valence-electron chi connectivity index (χ4n) is 4.76. The van der Waals surface area contributed by atoms with E-state index in [1.54, 1.807) is 36.8 Å². The first-order valence-electron chi connectivity index (χ1n) is 8.68. The van der Waals surface area contributed by atoms with Gasteiger partial charge in [-0.25, -0.2) is 4.84 Å². The van der Waals surface area contributed by atoms with Crippen LogP contribution in [-0.2, 0) is 11.4 Å². The summed E-state index contributed by atoms with van der Waals surface area (Å²) < 4.78 is 34.4. The number of nitrogens with two attached hydrogens (primary N) is 1. The standard InChI is InChI=1S/C10H17N.C8H8F3NO/c11-10-8-2-6-1-7(4-8)5-9(10)3-6;9-8(10,11)13-12-6-7-4-2-1-3-5-7/h6-10H,1-5,11H2;1-5,12H,6H2. The Bertz CT molecular complexity index is 493. The second-order valence-corrected chi connectivity index (χ2v) is 7.36. The van der Waals surface area contributed by atoms with Gasteiger partial charge in [-0.2, -0.15) is 5.48 Å². The minimum atomic E-state index is -4.63. The van der Waals surface area contributed by atoms with E-state index in [9.17, 15) is 13.2 Å². The van der Waals surface area contributed by atoms with Crippen molar-refractivity contribution in [3.05, 3.63) is 35.9 Å². The van der Waals surface area contributed by atoms with E-state index in [1.165, 1.54) is 25.7 Å². The molecule has 24 heavy (non-hydrogen) atoms. The van der Waals surface area contributed by atoms with Crippen LogP contribution in [0.2, 0.25) is 0 Å². The second kappa shape index (κ2) is 7.42. The zero-order valence-corrected chi connectivity index (χ0v) is 13.6. The molecule has 0 spiro atoms. The van der Waals surface area contributed by atoms with Gasteiger partial charge in [0.15, 0.2) is 0 Å². The Morgan fingerprint density at radius 2 is 1.50 bits per heavy atom. The Labute approximate surface area is 140 Å². The summed E-state index contributed by atoms with van der Waals surface area (Å²) in [7, 11) is 0. The van der Waals surface area contributed by atoms with Crippen molar-refractivity contribution < 1.29 is 18.0 Å². The number of benzene rings is 1. The maximum atomic E-state index is 11.5. The molecule has 4 saturated carbocycles. The summed E-state index contributed by atoms with van der Waals surface area (Å²) in [5.41, 5.74) is 8.71. The van der Waals surface area contributed by atoms with Gasteiger partial charge < -0.3 is 5.73 Å². The highest BCUT2D eigenvalue weighted by Crippen LogP contribution is 2.52. The third kappa shape index (κ3) is 4.71. The first-order chi connectivity index (χ1) is 11.4. The Balaban J connectivity index is 0.000000142. The van der Waals surface area contributed by atoms with Crippen molar-refractivity contribution in [3.63, 3.8) is 0 Å². The summed E-state index contributed by atoms with van der Waals surface area (Å²) in [4.78, 5) is 3.38. The first-order valence-corrected chi connectivity index (χ1v) is 8.68. The van der Waals surface area contributed by atoms with Crippen molar-refractivity contribution in [1.82, 2.24) is 5.48 Å². The van der Waals surface area contributed by atoms with Crippen LogP contribution >= 0.6 is 0 Å². The lowest BCUT2D eigenvalue weighted by Crippen LogP contribution is -2.52. The van der Waals surface area contributed by atoms with Crippen LogP contribution in [0.3, 0.4) is 0 Å². The Kier molecular flexibility index (Phi) is 5.47. The van der Waals surface area contributed by atoms with Crippen molar-refractivity contribution in [2.24, 2.45) is 29.4 Å². The number of hydroxylamine groups is 1. The van der Waals surface area contributed by atoms with Gasteiger partial charge in [-0.3, -0.25) is 0 Å². The van der Waals surface area contributed by atoms with Crippen LogP contribution in [0.25, 0.3) is 0 Å². The molecule has 5 rings (SSSR count). The SMILES string of the molecule is FC(F)(F)ONCc1ccccc1.NC1C2CC3CC(C2)CC1C3. The number of nitrogens with one attached hydrogen (secondary N) is 1. The van der Waals surface area contributed by atoms with Crippen LogP contribution in [0.4, 0.5) is 13.2 Å². The van der Waals surface area contributed by atoms with Gasteiger partial charge >= 0.3 is 6.36 Å². The van der Waals surface area contributed by atoms with Gasteiger partial charge in [0.1, 0.15) is 0 Å². The highest BCUT2D eigenvalue weighted by atomic mass is 19.4. The van der Waals surface area contributed by atoms with Gasteiger partial charge in [-0.15, -0.1) is 13.2 Å². The van der Waals surface area contributed by atoms with Gasteiger partial charge in [-0.1, -0.05) is 30.3 Å². The summed E-state index contributed by atoms with van der Waals surface area (Å²) in [6.45, 7) is 0.0281. The summed E-state index contributed by atoms with van der Waals surface area (Å²) in [6.07, 6.45) is 2.78. The molecular formula is C18H25F3N2O. The van der Waals surface area contributed by atoms with Gasteiger partial charge in [0, 0.05) is 12.6 Å². The topological polar surface area (TPSA) is 47.3 Å². The lowest BCUT2D eigenvalue weighted by atomic mass is 9.54. The van der Waals surface area contributed by atoms with Crippen LogP contribution < -0.4 is 11.2 Å². The molecule has 4 aliphatic rings. The van der Waals surface area contributed by atoms with E-state index in [1.807, 2.05) is 5.48 Å². The lowest BCUT2D eigenvalue weighted by Gasteiger charge is -2.53. The molecule has 134 valence electrons. The summed E-state index contributed by atoms with van der Waals surface area (Å²) in [5.74, 6) is 4.01. The molecule has 0 aromatic heterocycles. The minimum Gasteiger partial charge on any atom is -0.327 e. The van der Waals surface area contributed by atoms with Gasteiger partial charge in [-0.05, 0) is 61.3 Å². The van der Waals surface area contributed by atoms with Crippen LogP contribution in [0, 0.1) is 23.7 Å². The molecule has 6 heteroatoms. The van der Waals surface area contributed by atoms with E-state index in [4.69, 9.17) is 5.73 Å². The molecule has 1 aromatic carbocycles. The number of hydrogen-bond acceptors (Lipinski definition) is 3. The Hall–Kier alpha value is -1.11. The molecule has 0 saturated heterocycles. The summed E-state index contributed by atoms with van der Waals surface area (Å²) >= 11 is 0. The fourth-order valence-corrected chi connectivity index (χ4v) is 4.76. The van der Waals surface area contributed by atoms with Crippen molar-refractivity contribution >= 4 is 0 Å². The molecule has 1 aromatic rings. The molecule has 4 fully saturated rings. The molecule has 4 aliphatic carbocycles. The lowest BCUT2D eigenvalue weighted by molar-refractivity contribution is -0.351. The highest BCUT2D eigenvalue weighted by Gasteiger charge is 2.46. The summed E-state index contributed by atoms with van der Waals surface area (Å²) in [5, 5.41) is 0. The molecule has 3 nitrogen and oxygen atoms in total. The summed E-state index contributed by atoms with van der Waals surface area (Å²) in [6, 6.07) is 9.26. The van der Waals surface area contributed by atoms with Crippen LogP contribution in [-0.4, -0.2) is 12.4 Å². The van der Waals surface area contributed by atoms with E-state index in [0.29, 0.717) is 6.04 Å². The van der Waals surface area contributed by atoms with Crippen molar-refractivity contribution in [2.75, 3.05) is 0 Å². The largest absolute Gasteiger partial charge is 0.538 e. The first kappa shape index (κ1) is 17.7. The predicted octanol–water partition coefficient (Wildman–Crippen LogP) is 4.00. The molecule has 0 heterocycles. The van der Waals surface area contributed by atoms with E-state index in [-0.39, 0.29) is 6.54 Å². The van der Waals surface area contributed by atoms with E-state index < -0.39 is 6.36 Å². The van der Waals surface area contributed by atoms with Gasteiger partial charge in [0.05, 0.1) is 0 Å². The molecular weight excluding hydrogens is 317 g/mol. The molecule has 0 unspecified atom stereocenters. The van der Waals surface area contributed by atoms with Crippen LogP contribution in [0.15, 0.2) is 30.3 Å². The highest BCUT2D eigenvalue weighted by molar-refractivity contribution is 5.13. The second-order valence-electron chi connectivity index (χ2n) is 7.36. The molecule has 3 N–H and O–H groups in total. The molecule has 4 bridgehead atoms. The molecule has 0 aliphatic heterocycles. The minimum absolute atomic E-state index is 0.0281. The van der Waals surface area contributed by atoms with Crippen molar-refractivity contribution in [2.45, 2.75) is 51.1 Å². The van der Waals surface area contributed by atoms with Crippen LogP contribution in [0.1, 0.15) is 37.7 Å². The molecule has 0 amide bonds. The maximum Gasteiger partial charge on any atom is 0.538 e. The Morgan fingerprint density at radius 3 is 2.00 bits per heavy atom. The van der Waals surface area contributed by atoms with Gasteiger partial charge in [0.2, 0.25) is 0 Å². The van der Waals surface area contributed by atoms with E-state index in [2.05, 4.69) is 4.84 Å².